The van der Waals surface area contributed by atoms with Crippen LogP contribution in [0.15, 0.2) is 42.5 Å². The molecule has 0 bridgehead atoms. The average molecular weight is 455 g/mol. The zero-order valence-electron chi connectivity index (χ0n) is 16.8. The minimum atomic E-state index is -3.62. The molecule has 0 unspecified atom stereocenters. The summed E-state index contributed by atoms with van der Waals surface area (Å²) in [4.78, 5) is 12.7. The number of carbonyl (C=O) groups excluding carboxylic acids is 1. The smallest absolute Gasteiger partial charge is 0.263 e. The molecule has 0 aromatic heterocycles. The van der Waals surface area contributed by atoms with Gasteiger partial charge in [0.15, 0.2) is 6.10 Å². The number of sulfonamides is 1. The van der Waals surface area contributed by atoms with Crippen molar-refractivity contribution in [1.82, 2.24) is 5.32 Å². The number of rotatable bonds is 7. The molecule has 1 aliphatic heterocycles. The molecule has 30 heavy (non-hydrogen) atoms. The summed E-state index contributed by atoms with van der Waals surface area (Å²) in [5, 5.41) is 3.17. The predicted octanol–water partition coefficient (Wildman–Crippen LogP) is 2.46. The first kappa shape index (κ1) is 22.0. The summed E-state index contributed by atoms with van der Waals surface area (Å²) >= 11 is 5.98. The largest absolute Gasteiger partial charge is 0.497 e. The molecule has 0 saturated carbocycles. The molecule has 2 aromatic rings. The van der Waals surface area contributed by atoms with Crippen LogP contribution in [0.5, 0.6) is 17.2 Å². The summed E-state index contributed by atoms with van der Waals surface area (Å²) < 4.78 is 42.1. The van der Waals surface area contributed by atoms with E-state index in [1.54, 1.807) is 50.4 Å². The number of nitrogens with zero attached hydrogens (tertiary/aromatic N) is 1. The number of anilines is 1. The molecule has 0 spiro atoms. The second-order valence-electron chi connectivity index (χ2n) is 6.91. The van der Waals surface area contributed by atoms with Gasteiger partial charge < -0.3 is 19.5 Å². The van der Waals surface area contributed by atoms with Crippen LogP contribution in [0.3, 0.4) is 0 Å². The minimum Gasteiger partial charge on any atom is -0.497 e. The summed E-state index contributed by atoms with van der Waals surface area (Å²) in [7, 11) is -2.04. The lowest BCUT2D eigenvalue weighted by Crippen LogP contribution is -2.52. The first-order valence-corrected chi connectivity index (χ1v) is 11.4. The van der Waals surface area contributed by atoms with E-state index in [2.05, 4.69) is 5.32 Å². The van der Waals surface area contributed by atoms with Crippen molar-refractivity contribution in [3.8, 4) is 17.2 Å². The van der Waals surface area contributed by atoms with Crippen molar-refractivity contribution in [2.75, 3.05) is 30.8 Å². The quantitative estimate of drug-likeness (QED) is 0.690. The molecule has 1 amide bonds. The Kier molecular flexibility index (Phi) is 6.62. The van der Waals surface area contributed by atoms with Gasteiger partial charge in [0.05, 0.1) is 31.6 Å². The van der Waals surface area contributed by atoms with Crippen LogP contribution in [-0.4, -0.2) is 53.0 Å². The van der Waals surface area contributed by atoms with Crippen molar-refractivity contribution >= 4 is 33.2 Å². The topological polar surface area (TPSA) is 94.2 Å². The molecule has 0 radical (unpaired) electrons. The van der Waals surface area contributed by atoms with Crippen molar-refractivity contribution in [3.05, 3.63) is 47.5 Å². The van der Waals surface area contributed by atoms with E-state index in [-0.39, 0.29) is 24.9 Å². The highest BCUT2D eigenvalue weighted by atomic mass is 35.5. The highest BCUT2D eigenvalue weighted by Gasteiger charge is 2.35. The van der Waals surface area contributed by atoms with Crippen LogP contribution >= 0.6 is 11.6 Å². The van der Waals surface area contributed by atoms with Crippen molar-refractivity contribution < 1.29 is 27.4 Å². The fourth-order valence-electron chi connectivity index (χ4n) is 2.95. The summed E-state index contributed by atoms with van der Waals surface area (Å²) in [6, 6.07) is 11.4. The molecule has 1 aliphatic rings. The van der Waals surface area contributed by atoms with E-state index in [1.165, 1.54) is 6.07 Å². The van der Waals surface area contributed by atoms with Crippen LogP contribution in [0.2, 0.25) is 5.02 Å². The minimum absolute atomic E-state index is 0.149. The molecule has 1 N–H and O–H groups in total. The van der Waals surface area contributed by atoms with Gasteiger partial charge in [0.25, 0.3) is 5.91 Å². The van der Waals surface area contributed by atoms with E-state index >= 15 is 0 Å². The molecule has 0 saturated heterocycles. The monoisotopic (exact) mass is 454 g/mol. The molecule has 2 aromatic carbocycles. The van der Waals surface area contributed by atoms with Gasteiger partial charge in [-0.1, -0.05) is 11.6 Å². The molecule has 0 fully saturated rings. The van der Waals surface area contributed by atoms with Gasteiger partial charge in [-0.3, -0.25) is 9.10 Å². The zero-order valence-corrected chi connectivity index (χ0v) is 18.4. The third-order valence-corrected chi connectivity index (χ3v) is 5.81. The van der Waals surface area contributed by atoms with Crippen LogP contribution in [0.4, 0.5) is 5.69 Å². The number of hydrogen-bond acceptors (Lipinski definition) is 6. The predicted molar refractivity (Wildman–Crippen MR) is 114 cm³/mol. The van der Waals surface area contributed by atoms with Crippen LogP contribution in [-0.2, 0) is 14.8 Å². The fourth-order valence-corrected chi connectivity index (χ4v) is 4.02. The van der Waals surface area contributed by atoms with Crippen LogP contribution in [0, 0.1) is 0 Å². The van der Waals surface area contributed by atoms with Crippen LogP contribution < -0.4 is 23.8 Å². The molecule has 1 heterocycles. The number of nitrogens with one attached hydrogen (secondary N) is 1. The van der Waals surface area contributed by atoms with E-state index in [0.717, 1.165) is 16.3 Å². The maximum absolute atomic E-state index is 12.7. The highest BCUT2D eigenvalue weighted by molar-refractivity contribution is 7.92. The number of fused-ring (bicyclic) bond motifs is 1. The molecule has 0 aliphatic carbocycles. The molecule has 8 nitrogen and oxygen atoms in total. The van der Waals surface area contributed by atoms with Crippen molar-refractivity contribution in [3.63, 3.8) is 0 Å². The summed E-state index contributed by atoms with van der Waals surface area (Å²) in [5.74, 6) is 1.20. The first-order chi connectivity index (χ1) is 14.2. The zero-order chi connectivity index (χ0) is 21.9. The Morgan fingerprint density at radius 2 is 1.93 bits per heavy atom. The number of halogens is 1. The van der Waals surface area contributed by atoms with Crippen LogP contribution in [0.25, 0.3) is 0 Å². The Morgan fingerprint density at radius 1 is 1.27 bits per heavy atom. The SMILES string of the molecule is COc1ccc(OC[C@@H](C)NC(=O)[C@@H]2CN(S(C)(=O)=O)c3cc(Cl)ccc3O2)cc1. The Hall–Kier alpha value is -2.65. The number of hydrogen-bond donors (Lipinski definition) is 1. The van der Waals surface area contributed by atoms with Gasteiger partial charge in [0, 0.05) is 5.02 Å². The van der Waals surface area contributed by atoms with E-state index in [4.69, 9.17) is 25.8 Å². The number of carbonyl (C=O) groups is 1. The van der Waals surface area contributed by atoms with Gasteiger partial charge >= 0.3 is 0 Å². The standard InChI is InChI=1S/C20H23ClN2O6S/c1-13(12-28-16-7-5-15(27-2)6-8-16)22-20(24)19-11-23(30(3,25)26)17-10-14(21)4-9-18(17)29-19/h4-10,13,19H,11-12H2,1-3H3,(H,22,24)/t13-,19+/m1/s1. The first-order valence-electron chi connectivity index (χ1n) is 9.18. The molecule has 2 atom stereocenters. The van der Waals surface area contributed by atoms with Gasteiger partial charge in [-0.05, 0) is 49.4 Å². The Labute approximate surface area is 180 Å². The van der Waals surface area contributed by atoms with E-state index in [1.807, 2.05) is 0 Å². The maximum atomic E-state index is 12.7. The lowest BCUT2D eigenvalue weighted by atomic mass is 10.2. The fraction of sp³-hybridized carbons (Fsp3) is 0.350. The van der Waals surface area contributed by atoms with E-state index < -0.39 is 22.0 Å². The van der Waals surface area contributed by atoms with Gasteiger partial charge in [0.2, 0.25) is 10.0 Å². The molecule has 162 valence electrons. The number of amides is 1. The number of methoxy groups -OCH3 is 1. The molecular weight excluding hydrogens is 432 g/mol. The Morgan fingerprint density at radius 3 is 2.57 bits per heavy atom. The second kappa shape index (κ2) is 9.01. The normalized spacial score (nSPS) is 16.8. The van der Waals surface area contributed by atoms with Crippen LogP contribution in [0.1, 0.15) is 6.92 Å². The van der Waals surface area contributed by atoms with Crippen molar-refractivity contribution in [2.24, 2.45) is 0 Å². The Bertz CT molecular complexity index is 1010. The molecule has 3 rings (SSSR count). The number of benzene rings is 2. The lowest BCUT2D eigenvalue weighted by molar-refractivity contribution is -0.128. The van der Waals surface area contributed by atoms with Crippen molar-refractivity contribution in [1.29, 1.82) is 0 Å². The third kappa shape index (κ3) is 5.28. The van der Waals surface area contributed by atoms with Gasteiger partial charge in [0.1, 0.15) is 23.9 Å². The lowest BCUT2D eigenvalue weighted by Gasteiger charge is -2.34. The number of ether oxygens (including phenoxy) is 3. The molecule has 10 heteroatoms. The second-order valence-corrected chi connectivity index (χ2v) is 9.25. The summed E-state index contributed by atoms with van der Waals surface area (Å²) in [6.45, 7) is 1.86. The van der Waals surface area contributed by atoms with E-state index in [9.17, 15) is 13.2 Å². The third-order valence-electron chi connectivity index (χ3n) is 4.43. The van der Waals surface area contributed by atoms with Gasteiger partial charge in [-0.25, -0.2) is 8.42 Å². The molecular formula is C20H23ClN2O6S. The summed E-state index contributed by atoms with van der Waals surface area (Å²) in [6.07, 6.45) is 0.0698. The van der Waals surface area contributed by atoms with Gasteiger partial charge in [-0.2, -0.15) is 0 Å². The average Bonchev–Trinajstić information content (AvgIpc) is 2.71. The van der Waals surface area contributed by atoms with Gasteiger partial charge in [-0.15, -0.1) is 0 Å². The maximum Gasteiger partial charge on any atom is 0.263 e. The van der Waals surface area contributed by atoms with Crippen molar-refractivity contribution in [2.45, 2.75) is 19.1 Å². The summed E-state index contributed by atoms with van der Waals surface area (Å²) in [5.41, 5.74) is 0.310. The highest BCUT2D eigenvalue weighted by Crippen LogP contribution is 2.37. The van der Waals surface area contributed by atoms with E-state index in [0.29, 0.717) is 16.5 Å². The Balaban J connectivity index is 1.63.